The third-order valence-electron chi connectivity index (χ3n) is 4.91. The van der Waals surface area contributed by atoms with E-state index in [9.17, 15) is 17.6 Å². The molecule has 0 aromatic heterocycles. The number of amides is 1. The van der Waals surface area contributed by atoms with Gasteiger partial charge in [-0.05, 0) is 61.7 Å². The topological polar surface area (TPSA) is 66.5 Å². The van der Waals surface area contributed by atoms with Crippen molar-refractivity contribution in [3.8, 4) is 0 Å². The first-order valence-corrected chi connectivity index (χ1v) is 11.3. The maximum atomic E-state index is 13.4. The molecular formula is C20H22BrFN2O3S. The molecule has 2 unspecified atom stereocenters. The Balaban J connectivity index is 1.68. The van der Waals surface area contributed by atoms with Crippen LogP contribution in [0.25, 0.3) is 0 Å². The van der Waals surface area contributed by atoms with Crippen molar-refractivity contribution in [1.82, 2.24) is 9.62 Å². The second-order valence-electron chi connectivity index (χ2n) is 6.94. The largest absolute Gasteiger partial charge is 0.349 e. The van der Waals surface area contributed by atoms with E-state index in [1.165, 1.54) is 16.4 Å². The second kappa shape index (κ2) is 8.71. The number of carbonyl (C=O) groups is 1. The minimum atomic E-state index is -3.65. The van der Waals surface area contributed by atoms with Crippen molar-refractivity contribution < 1.29 is 17.6 Å². The van der Waals surface area contributed by atoms with Crippen LogP contribution in [0.1, 0.15) is 31.4 Å². The number of sulfonamides is 1. The molecule has 28 heavy (non-hydrogen) atoms. The predicted molar refractivity (Wildman–Crippen MR) is 109 cm³/mol. The Morgan fingerprint density at radius 3 is 2.64 bits per heavy atom. The molecule has 1 fully saturated rings. The van der Waals surface area contributed by atoms with E-state index in [0.29, 0.717) is 24.9 Å². The van der Waals surface area contributed by atoms with Crippen LogP contribution in [-0.2, 0) is 14.8 Å². The van der Waals surface area contributed by atoms with E-state index in [0.717, 1.165) is 4.47 Å². The molecule has 150 valence electrons. The number of benzene rings is 2. The monoisotopic (exact) mass is 468 g/mol. The van der Waals surface area contributed by atoms with Crippen molar-refractivity contribution in [3.63, 3.8) is 0 Å². The first-order valence-electron chi connectivity index (χ1n) is 9.09. The molecule has 3 rings (SSSR count). The summed E-state index contributed by atoms with van der Waals surface area (Å²) in [6.07, 6.45) is 1.23. The quantitative estimate of drug-likeness (QED) is 0.723. The molecule has 0 spiro atoms. The molecule has 8 heteroatoms. The van der Waals surface area contributed by atoms with Crippen LogP contribution in [0.4, 0.5) is 4.39 Å². The zero-order valence-electron chi connectivity index (χ0n) is 15.4. The van der Waals surface area contributed by atoms with Crippen molar-refractivity contribution in [2.45, 2.75) is 30.7 Å². The molecule has 1 aliphatic rings. The number of nitrogens with zero attached hydrogens (tertiary/aromatic N) is 1. The van der Waals surface area contributed by atoms with E-state index in [4.69, 9.17) is 0 Å². The molecule has 2 atom stereocenters. The normalized spacial score (nSPS) is 19.2. The predicted octanol–water partition coefficient (Wildman–Crippen LogP) is 3.87. The average Bonchev–Trinajstić information content (AvgIpc) is 2.68. The van der Waals surface area contributed by atoms with Gasteiger partial charge < -0.3 is 5.32 Å². The molecule has 0 bridgehead atoms. The summed E-state index contributed by atoms with van der Waals surface area (Å²) in [7, 11) is -3.65. The van der Waals surface area contributed by atoms with Gasteiger partial charge >= 0.3 is 0 Å². The molecule has 2 aromatic rings. The van der Waals surface area contributed by atoms with Crippen LogP contribution < -0.4 is 5.32 Å². The summed E-state index contributed by atoms with van der Waals surface area (Å²) in [4.78, 5) is 12.9. The summed E-state index contributed by atoms with van der Waals surface area (Å²) >= 11 is 3.30. The van der Waals surface area contributed by atoms with Gasteiger partial charge in [0.15, 0.2) is 0 Å². The lowest BCUT2D eigenvalue weighted by Gasteiger charge is -2.32. The van der Waals surface area contributed by atoms with Gasteiger partial charge in [0.2, 0.25) is 15.9 Å². The number of carbonyl (C=O) groups excluding carboxylic acids is 1. The standard InChI is InChI=1S/C20H22BrFN2O3S/c1-14(15-4-2-6-18(22)12-15)23-20(25)16-5-3-11-24(13-16)28(26,27)19-9-7-17(21)8-10-19/h2,4,6-10,12,14,16H,3,5,11,13H2,1H3,(H,23,25). The van der Waals surface area contributed by atoms with Crippen molar-refractivity contribution in [3.05, 3.63) is 64.4 Å². The van der Waals surface area contributed by atoms with Gasteiger partial charge in [-0.25, -0.2) is 12.8 Å². The van der Waals surface area contributed by atoms with Gasteiger partial charge in [0, 0.05) is 17.6 Å². The maximum absolute atomic E-state index is 13.4. The Morgan fingerprint density at radius 2 is 1.96 bits per heavy atom. The lowest BCUT2D eigenvalue weighted by molar-refractivity contribution is -0.126. The average molecular weight is 469 g/mol. The minimum Gasteiger partial charge on any atom is -0.349 e. The SMILES string of the molecule is CC(NC(=O)C1CCCN(S(=O)(=O)c2ccc(Br)cc2)C1)c1cccc(F)c1. The van der Waals surface area contributed by atoms with Crippen LogP contribution in [-0.4, -0.2) is 31.7 Å². The van der Waals surface area contributed by atoms with Crippen LogP contribution in [0.15, 0.2) is 57.9 Å². The van der Waals surface area contributed by atoms with Gasteiger partial charge in [0.25, 0.3) is 0 Å². The molecule has 0 radical (unpaired) electrons. The fourth-order valence-electron chi connectivity index (χ4n) is 3.32. The first kappa shape index (κ1) is 21.0. The van der Waals surface area contributed by atoms with E-state index in [1.807, 2.05) is 0 Å². The van der Waals surface area contributed by atoms with Crippen LogP contribution in [0.2, 0.25) is 0 Å². The molecule has 1 N–H and O–H groups in total. The molecule has 1 saturated heterocycles. The molecule has 2 aromatic carbocycles. The van der Waals surface area contributed by atoms with E-state index in [-0.39, 0.29) is 29.2 Å². The van der Waals surface area contributed by atoms with E-state index < -0.39 is 15.9 Å². The molecule has 1 amide bonds. The third-order valence-corrected chi connectivity index (χ3v) is 7.32. The summed E-state index contributed by atoms with van der Waals surface area (Å²) in [5, 5.41) is 2.88. The molecule has 1 heterocycles. The van der Waals surface area contributed by atoms with E-state index in [1.54, 1.807) is 43.3 Å². The smallest absolute Gasteiger partial charge is 0.243 e. The van der Waals surface area contributed by atoms with E-state index >= 15 is 0 Å². The van der Waals surface area contributed by atoms with Crippen molar-refractivity contribution in [2.24, 2.45) is 5.92 Å². The van der Waals surface area contributed by atoms with Gasteiger partial charge in [-0.3, -0.25) is 4.79 Å². The zero-order chi connectivity index (χ0) is 20.3. The number of hydrogen-bond donors (Lipinski definition) is 1. The number of nitrogens with one attached hydrogen (secondary N) is 1. The fraction of sp³-hybridized carbons (Fsp3) is 0.350. The molecule has 1 aliphatic heterocycles. The van der Waals surface area contributed by atoms with Crippen molar-refractivity contribution >= 4 is 31.9 Å². The van der Waals surface area contributed by atoms with Gasteiger partial charge in [-0.2, -0.15) is 4.31 Å². The number of rotatable bonds is 5. The Hall–Kier alpha value is -1.77. The molecule has 5 nitrogen and oxygen atoms in total. The van der Waals surface area contributed by atoms with E-state index in [2.05, 4.69) is 21.2 Å². The lowest BCUT2D eigenvalue weighted by atomic mass is 9.98. The second-order valence-corrected chi connectivity index (χ2v) is 9.80. The van der Waals surface area contributed by atoms with Gasteiger partial charge in [0.05, 0.1) is 16.9 Å². The van der Waals surface area contributed by atoms with Crippen LogP contribution >= 0.6 is 15.9 Å². The summed E-state index contributed by atoms with van der Waals surface area (Å²) in [5.41, 5.74) is 0.670. The summed E-state index contributed by atoms with van der Waals surface area (Å²) < 4.78 is 41.3. The number of halogens is 2. The van der Waals surface area contributed by atoms with Crippen LogP contribution in [0, 0.1) is 11.7 Å². The van der Waals surface area contributed by atoms with Crippen molar-refractivity contribution in [2.75, 3.05) is 13.1 Å². The highest BCUT2D eigenvalue weighted by Crippen LogP contribution is 2.25. The highest BCUT2D eigenvalue weighted by atomic mass is 79.9. The molecule has 0 saturated carbocycles. The Kier molecular flexibility index (Phi) is 6.52. The van der Waals surface area contributed by atoms with Crippen LogP contribution in [0.5, 0.6) is 0 Å². The summed E-state index contributed by atoms with van der Waals surface area (Å²) in [6, 6.07) is 12.2. The summed E-state index contributed by atoms with van der Waals surface area (Å²) in [6.45, 7) is 2.31. The number of piperidine rings is 1. The molecule has 0 aliphatic carbocycles. The third kappa shape index (κ3) is 4.79. The first-order chi connectivity index (χ1) is 13.3. The molecular weight excluding hydrogens is 447 g/mol. The van der Waals surface area contributed by atoms with Crippen LogP contribution in [0.3, 0.4) is 0 Å². The van der Waals surface area contributed by atoms with Gasteiger partial charge in [0.1, 0.15) is 5.82 Å². The lowest BCUT2D eigenvalue weighted by Crippen LogP contribution is -2.45. The van der Waals surface area contributed by atoms with Gasteiger partial charge in [-0.1, -0.05) is 28.1 Å². The Labute approximate surface area is 173 Å². The number of hydrogen-bond acceptors (Lipinski definition) is 3. The zero-order valence-corrected chi connectivity index (χ0v) is 17.8. The maximum Gasteiger partial charge on any atom is 0.243 e. The Morgan fingerprint density at radius 1 is 1.25 bits per heavy atom. The summed E-state index contributed by atoms with van der Waals surface area (Å²) in [5.74, 6) is -1.01. The Bertz CT molecular complexity index is 950. The van der Waals surface area contributed by atoms with Gasteiger partial charge in [-0.15, -0.1) is 0 Å². The van der Waals surface area contributed by atoms with Crippen molar-refractivity contribution in [1.29, 1.82) is 0 Å². The fourth-order valence-corrected chi connectivity index (χ4v) is 5.11. The highest BCUT2D eigenvalue weighted by Gasteiger charge is 2.33. The minimum absolute atomic E-state index is 0.139. The highest BCUT2D eigenvalue weighted by molar-refractivity contribution is 9.10.